The molecule has 4 heterocycles. The Morgan fingerprint density at radius 1 is 1.09 bits per heavy atom. The highest BCUT2D eigenvalue weighted by Gasteiger charge is 2.23. The molecule has 1 atom stereocenters. The molecule has 0 aliphatic heterocycles. The summed E-state index contributed by atoms with van der Waals surface area (Å²) in [5.74, 6) is 7.72. The van der Waals surface area contributed by atoms with Crippen molar-refractivity contribution in [1.82, 2.24) is 34.3 Å². The van der Waals surface area contributed by atoms with Gasteiger partial charge in [-0.2, -0.15) is 5.10 Å². The van der Waals surface area contributed by atoms with E-state index in [2.05, 4.69) is 38.3 Å². The van der Waals surface area contributed by atoms with Crippen LogP contribution in [0.5, 0.6) is 0 Å². The average molecular weight is 582 g/mol. The lowest BCUT2D eigenvalue weighted by atomic mass is 9.66. The Morgan fingerprint density at radius 2 is 1.87 bits per heavy atom. The van der Waals surface area contributed by atoms with Crippen molar-refractivity contribution in [2.45, 2.75) is 19.5 Å². The molecule has 0 spiro atoms. The first-order valence-corrected chi connectivity index (χ1v) is 13.5. The van der Waals surface area contributed by atoms with E-state index in [4.69, 9.17) is 43.5 Å². The number of amides is 1. The van der Waals surface area contributed by atoms with Crippen LogP contribution in [0, 0.1) is 24.2 Å². The van der Waals surface area contributed by atoms with Gasteiger partial charge in [0.05, 0.1) is 11.4 Å². The van der Waals surface area contributed by atoms with E-state index in [9.17, 15) is 9.59 Å². The highest BCUT2D eigenvalue weighted by atomic mass is 16.2. The van der Waals surface area contributed by atoms with Gasteiger partial charge in [0.1, 0.15) is 42.6 Å². The van der Waals surface area contributed by atoms with Crippen molar-refractivity contribution in [3.63, 3.8) is 0 Å². The molecule has 0 fully saturated rings. The average Bonchev–Trinajstić information content (AvgIpc) is 3.60. The lowest BCUT2D eigenvalue weighted by Crippen LogP contribution is -2.33. The molecular formula is C31H22B4N8O2. The van der Waals surface area contributed by atoms with E-state index in [1.165, 1.54) is 15.3 Å². The quantitative estimate of drug-likeness (QED) is 0.175. The predicted molar refractivity (Wildman–Crippen MR) is 177 cm³/mol. The smallest absolute Gasteiger partial charge is 0.260 e. The van der Waals surface area contributed by atoms with E-state index in [0.29, 0.717) is 27.7 Å². The molecule has 5 rings (SSSR count). The second-order valence-electron chi connectivity index (χ2n) is 10.1. The number of carbonyl (C=O) groups excluding carboxylic acids is 1. The van der Waals surface area contributed by atoms with Crippen molar-refractivity contribution < 1.29 is 4.79 Å². The number of anilines is 1. The number of carbonyl (C=O) groups is 1. The summed E-state index contributed by atoms with van der Waals surface area (Å²) in [7, 11) is 26.1. The first kappa shape index (κ1) is 30.8. The fraction of sp³-hybridized carbons (Fsp3) is 0.129. The summed E-state index contributed by atoms with van der Waals surface area (Å²) in [6, 6.07) is 9.75. The molecule has 45 heavy (non-hydrogen) atoms. The zero-order valence-corrected chi connectivity index (χ0v) is 24.4. The monoisotopic (exact) mass is 582 g/mol. The second-order valence-corrected chi connectivity index (χ2v) is 10.1. The van der Waals surface area contributed by atoms with Crippen molar-refractivity contribution in [2.75, 3.05) is 5.73 Å². The van der Waals surface area contributed by atoms with E-state index in [0.717, 1.165) is 0 Å². The van der Waals surface area contributed by atoms with E-state index < -0.39 is 17.5 Å². The number of hydrogen-bond donors (Lipinski definition) is 2. The topological polar surface area (TPSA) is 125 Å². The number of fused-ring (bicyclic) bond motifs is 2. The maximum atomic E-state index is 14.3. The summed E-state index contributed by atoms with van der Waals surface area (Å²) in [5.41, 5.74) is 7.17. The van der Waals surface area contributed by atoms with Gasteiger partial charge >= 0.3 is 0 Å². The first-order valence-electron chi connectivity index (χ1n) is 13.5. The third-order valence-electron chi connectivity index (χ3n) is 7.06. The normalized spacial score (nSPS) is 12.9. The number of allylic oxidation sites excluding steroid dienone is 4. The minimum absolute atomic E-state index is 0.00117. The van der Waals surface area contributed by atoms with Crippen LogP contribution in [0.2, 0.25) is 0 Å². The number of nitrogen functional groups attached to an aromatic ring is 1. The Hall–Kier alpha value is -5.61. The van der Waals surface area contributed by atoms with Crippen LogP contribution in [-0.2, 0) is 13.6 Å². The van der Waals surface area contributed by atoms with Gasteiger partial charge in [0.2, 0.25) is 0 Å². The van der Waals surface area contributed by atoms with Gasteiger partial charge in [-0.15, -0.1) is 27.9 Å². The number of aromatic nitrogens is 6. The summed E-state index contributed by atoms with van der Waals surface area (Å²) >= 11 is 0. The fourth-order valence-corrected chi connectivity index (χ4v) is 4.77. The SMILES string of the molecule is [B]/C(C#C)=C([B])/C([B])=C(/[B])Cn1c([C@@H](C)NC(=O)c2c(N)nn3cccnc23)cc2cccc(C#Cc3ccn(C)n3)c2c1=O. The second kappa shape index (κ2) is 12.6. The summed E-state index contributed by atoms with van der Waals surface area (Å²) in [5, 5.41) is 12.2. The molecule has 0 unspecified atom stereocenters. The van der Waals surface area contributed by atoms with Gasteiger partial charge in [0.15, 0.2) is 11.5 Å². The Bertz CT molecular complexity index is 2230. The zero-order chi connectivity index (χ0) is 32.4. The van der Waals surface area contributed by atoms with Crippen molar-refractivity contribution in [3.05, 3.63) is 110 Å². The minimum Gasteiger partial charge on any atom is -0.381 e. The van der Waals surface area contributed by atoms with E-state index >= 15 is 0 Å². The van der Waals surface area contributed by atoms with Gasteiger partial charge in [-0.1, -0.05) is 29.4 Å². The number of terminal acetylenes is 1. The summed E-state index contributed by atoms with van der Waals surface area (Å²) in [4.78, 5) is 32.0. The number of nitrogens with one attached hydrogen (secondary N) is 1. The molecule has 14 heteroatoms. The van der Waals surface area contributed by atoms with Gasteiger partial charge in [-0.3, -0.25) is 14.3 Å². The van der Waals surface area contributed by atoms with E-state index in [1.54, 1.807) is 67.4 Å². The lowest BCUT2D eigenvalue weighted by Gasteiger charge is -2.23. The Morgan fingerprint density at radius 3 is 2.58 bits per heavy atom. The molecule has 0 aliphatic carbocycles. The molecule has 1 amide bonds. The first-order chi connectivity index (χ1) is 21.5. The number of benzene rings is 1. The largest absolute Gasteiger partial charge is 0.381 e. The Balaban J connectivity index is 1.65. The van der Waals surface area contributed by atoms with Crippen molar-refractivity contribution >= 4 is 59.5 Å². The van der Waals surface area contributed by atoms with Gasteiger partial charge in [0.25, 0.3) is 11.5 Å². The Labute approximate surface area is 264 Å². The molecule has 0 bridgehead atoms. The number of pyridine rings is 1. The van der Waals surface area contributed by atoms with Crippen LogP contribution in [0.25, 0.3) is 16.4 Å². The number of nitrogens with two attached hydrogens (primary N) is 1. The van der Waals surface area contributed by atoms with Crippen LogP contribution >= 0.6 is 0 Å². The fourth-order valence-electron chi connectivity index (χ4n) is 4.77. The van der Waals surface area contributed by atoms with Gasteiger partial charge in [0, 0.05) is 43.4 Å². The standard InChI is InChI=1S/C31H22B4N8O2/c1-4-21(32)26(34)27(35)22(33)16-42-23(17(2)38-30(44)25-28(36)40-43-13-6-12-37-29(25)43)15-19-8-5-7-18(24(19)31(42)45)9-10-20-11-14-41(3)39-20/h1,5-8,11-15,17H,16H2,2-3H3,(H2,36,40)(H,38,44)/b26-21-,27-22-/t17-/m1/s1. The highest BCUT2D eigenvalue weighted by molar-refractivity contribution is 6.44. The van der Waals surface area contributed by atoms with Crippen LogP contribution in [0.4, 0.5) is 5.82 Å². The summed E-state index contributed by atoms with van der Waals surface area (Å²) < 4.78 is 4.42. The van der Waals surface area contributed by atoms with Crippen molar-refractivity contribution in [1.29, 1.82) is 0 Å². The molecule has 0 aliphatic rings. The molecule has 0 saturated heterocycles. The summed E-state index contributed by atoms with van der Waals surface area (Å²) in [6.45, 7) is 1.50. The number of aryl methyl sites for hydroxylation is 1. The number of rotatable bonds is 6. The number of hydrogen-bond acceptors (Lipinski definition) is 6. The van der Waals surface area contributed by atoms with Crippen molar-refractivity contribution in [2.24, 2.45) is 7.05 Å². The van der Waals surface area contributed by atoms with Gasteiger partial charge in [-0.25, -0.2) is 9.50 Å². The molecule has 0 saturated carbocycles. The molecule has 5 aromatic rings. The maximum Gasteiger partial charge on any atom is 0.260 e. The molecule has 8 radical (unpaired) electrons. The van der Waals surface area contributed by atoms with Crippen LogP contribution in [0.15, 0.2) is 81.7 Å². The maximum absolute atomic E-state index is 14.3. The van der Waals surface area contributed by atoms with Crippen LogP contribution in [0.3, 0.4) is 0 Å². The van der Waals surface area contributed by atoms with Gasteiger partial charge in [-0.05, 0) is 42.5 Å². The highest BCUT2D eigenvalue weighted by Crippen LogP contribution is 2.23. The number of nitrogens with zero attached hydrogens (tertiary/aromatic N) is 6. The molecule has 3 N–H and O–H groups in total. The van der Waals surface area contributed by atoms with E-state index in [-0.39, 0.29) is 45.5 Å². The van der Waals surface area contributed by atoms with Crippen LogP contribution in [0.1, 0.15) is 40.3 Å². The molecular weight excluding hydrogens is 560 g/mol. The molecule has 1 aromatic carbocycles. The predicted octanol–water partition coefficient (Wildman–Crippen LogP) is 0.981. The van der Waals surface area contributed by atoms with E-state index in [1.807, 2.05) is 0 Å². The van der Waals surface area contributed by atoms with Crippen LogP contribution < -0.4 is 16.6 Å². The molecule has 4 aromatic heterocycles. The Kier molecular flexibility index (Phi) is 8.60. The van der Waals surface area contributed by atoms with Crippen molar-refractivity contribution in [3.8, 4) is 24.2 Å². The summed E-state index contributed by atoms with van der Waals surface area (Å²) in [6.07, 6.45) is 10.3. The van der Waals surface area contributed by atoms with Gasteiger partial charge < -0.3 is 15.6 Å². The third kappa shape index (κ3) is 6.09. The lowest BCUT2D eigenvalue weighted by molar-refractivity contribution is 0.0940. The molecule has 10 nitrogen and oxygen atoms in total. The molecule has 210 valence electrons. The zero-order valence-electron chi connectivity index (χ0n) is 24.4. The minimum atomic E-state index is -0.742. The van der Waals surface area contributed by atoms with Crippen LogP contribution in [-0.4, -0.2) is 66.2 Å². The third-order valence-corrected chi connectivity index (χ3v) is 7.06.